The van der Waals surface area contributed by atoms with Crippen molar-refractivity contribution in [1.29, 1.82) is 0 Å². The topological polar surface area (TPSA) is 12.9 Å². The van der Waals surface area contributed by atoms with Gasteiger partial charge in [0, 0.05) is 22.9 Å². The van der Waals surface area contributed by atoms with Crippen molar-refractivity contribution in [3.05, 3.63) is 35.2 Å². The Morgan fingerprint density at radius 3 is 1.95 bits per heavy atom. The van der Waals surface area contributed by atoms with Crippen LogP contribution < -0.4 is 0 Å². The molecule has 0 bridgehead atoms. The van der Waals surface area contributed by atoms with Gasteiger partial charge in [-0.15, -0.1) is 0 Å². The lowest BCUT2D eigenvalue weighted by Gasteiger charge is -2.20. The van der Waals surface area contributed by atoms with Crippen molar-refractivity contribution in [2.75, 3.05) is 0 Å². The minimum atomic E-state index is -4.37. The van der Waals surface area contributed by atoms with Crippen LogP contribution in [0, 0.1) is 5.41 Å². The van der Waals surface area contributed by atoms with Crippen LogP contribution in [-0.4, -0.2) is 4.98 Å². The molecule has 0 spiro atoms. The Hall–Kier alpha value is -1.32. The van der Waals surface area contributed by atoms with Gasteiger partial charge in [0.1, 0.15) is 0 Å². The lowest BCUT2D eigenvalue weighted by molar-refractivity contribution is -0.137. The fraction of sp³-hybridized carbons (Fsp3) is 0.562. The van der Waals surface area contributed by atoms with E-state index in [1.807, 2.05) is 41.5 Å². The van der Waals surface area contributed by atoms with Crippen molar-refractivity contribution in [2.45, 2.75) is 53.1 Å². The van der Waals surface area contributed by atoms with Crippen molar-refractivity contribution in [2.24, 2.45) is 5.41 Å². The first kappa shape index (κ1) is 16.7. The predicted octanol–water partition coefficient (Wildman–Crippen LogP) is 5.46. The lowest BCUT2D eigenvalue weighted by Crippen LogP contribution is -2.17. The lowest BCUT2D eigenvalue weighted by atomic mass is 9.89. The van der Waals surface area contributed by atoms with E-state index in [1.54, 1.807) is 6.08 Å². The van der Waals surface area contributed by atoms with Gasteiger partial charge in [-0.3, -0.25) is 4.98 Å². The Bertz CT molecular complexity index is 500. The molecule has 0 aromatic carbocycles. The highest BCUT2D eigenvalue weighted by Crippen LogP contribution is 2.35. The highest BCUT2D eigenvalue weighted by molar-refractivity contribution is 5.55. The van der Waals surface area contributed by atoms with Gasteiger partial charge in [0.05, 0.1) is 5.56 Å². The number of allylic oxidation sites excluding steroid dienone is 1. The molecule has 1 aromatic heterocycles. The van der Waals surface area contributed by atoms with E-state index < -0.39 is 17.2 Å². The average Bonchev–Trinajstić information content (AvgIpc) is 2.22. The first-order chi connectivity index (χ1) is 8.81. The maximum atomic E-state index is 13.2. The largest absolute Gasteiger partial charge is 0.417 e. The molecule has 0 aliphatic heterocycles. The third-order valence-corrected chi connectivity index (χ3v) is 2.77. The molecule has 0 aliphatic rings. The second-order valence-corrected chi connectivity index (χ2v) is 7.10. The summed E-state index contributed by atoms with van der Waals surface area (Å²) in [5.41, 5.74) is -0.659. The molecule has 0 N–H and O–H groups in total. The van der Waals surface area contributed by atoms with Crippen LogP contribution in [-0.2, 0) is 11.6 Å². The van der Waals surface area contributed by atoms with Crippen molar-refractivity contribution >= 4 is 6.08 Å². The third kappa shape index (κ3) is 4.66. The summed E-state index contributed by atoms with van der Waals surface area (Å²) in [6, 6.07) is 1.16. The number of alkyl halides is 3. The van der Waals surface area contributed by atoms with Crippen LogP contribution in [0.4, 0.5) is 13.2 Å². The first-order valence-electron chi connectivity index (χ1n) is 6.58. The molecule has 0 atom stereocenters. The Kier molecular flexibility index (Phi) is 4.37. The van der Waals surface area contributed by atoms with E-state index in [1.165, 1.54) is 12.3 Å². The molecular formula is C16H22F3N. The monoisotopic (exact) mass is 285 g/mol. The predicted molar refractivity (Wildman–Crippen MR) is 76.4 cm³/mol. The molecule has 1 nitrogen and oxygen atoms in total. The van der Waals surface area contributed by atoms with Crippen LogP contribution in [0.25, 0.3) is 6.08 Å². The standard InChI is InChI=1S/C16H22F3N/c1-14(2,3)8-7-11-10-20-13(15(4,5)6)9-12(11)16(17,18)19/h7-10H,1-6H3/b8-7+. The van der Waals surface area contributed by atoms with E-state index >= 15 is 0 Å². The number of rotatable bonds is 1. The molecule has 1 heterocycles. The summed E-state index contributed by atoms with van der Waals surface area (Å²) in [5.74, 6) is 0. The van der Waals surface area contributed by atoms with Crippen LogP contribution in [0.3, 0.4) is 0 Å². The van der Waals surface area contributed by atoms with Gasteiger partial charge < -0.3 is 0 Å². The van der Waals surface area contributed by atoms with Crippen LogP contribution in [0.5, 0.6) is 0 Å². The number of nitrogens with zero attached hydrogens (tertiary/aromatic N) is 1. The van der Waals surface area contributed by atoms with E-state index in [9.17, 15) is 13.2 Å². The number of halogens is 3. The van der Waals surface area contributed by atoms with Gasteiger partial charge >= 0.3 is 6.18 Å². The maximum Gasteiger partial charge on any atom is 0.417 e. The van der Waals surface area contributed by atoms with Crippen LogP contribution in [0.1, 0.15) is 58.4 Å². The fourth-order valence-corrected chi connectivity index (χ4v) is 1.59. The highest BCUT2D eigenvalue weighted by atomic mass is 19.4. The zero-order valence-electron chi connectivity index (χ0n) is 12.9. The highest BCUT2D eigenvalue weighted by Gasteiger charge is 2.34. The van der Waals surface area contributed by atoms with Crippen LogP contribution in [0.15, 0.2) is 18.3 Å². The second kappa shape index (κ2) is 5.23. The molecule has 112 valence electrons. The van der Waals surface area contributed by atoms with Gasteiger partial charge in [-0.25, -0.2) is 0 Å². The Labute approximate surface area is 118 Å². The fourth-order valence-electron chi connectivity index (χ4n) is 1.59. The Balaban J connectivity index is 3.36. The summed E-state index contributed by atoms with van der Waals surface area (Å²) in [6.45, 7) is 11.4. The van der Waals surface area contributed by atoms with Crippen molar-refractivity contribution in [3.8, 4) is 0 Å². The summed E-state index contributed by atoms with van der Waals surface area (Å²) in [6.07, 6.45) is 0.199. The molecule has 0 saturated heterocycles. The van der Waals surface area contributed by atoms with Crippen molar-refractivity contribution in [1.82, 2.24) is 4.98 Å². The average molecular weight is 285 g/mol. The van der Waals surface area contributed by atoms with Gasteiger partial charge in [0.2, 0.25) is 0 Å². The van der Waals surface area contributed by atoms with Crippen molar-refractivity contribution in [3.63, 3.8) is 0 Å². The third-order valence-electron chi connectivity index (χ3n) is 2.77. The summed E-state index contributed by atoms with van der Waals surface area (Å²) >= 11 is 0. The first-order valence-corrected chi connectivity index (χ1v) is 6.58. The van der Waals surface area contributed by atoms with Crippen LogP contribution >= 0.6 is 0 Å². The van der Waals surface area contributed by atoms with Crippen molar-refractivity contribution < 1.29 is 13.2 Å². The van der Waals surface area contributed by atoms with E-state index in [2.05, 4.69) is 4.98 Å². The molecule has 0 fully saturated rings. The zero-order valence-corrected chi connectivity index (χ0v) is 12.9. The van der Waals surface area contributed by atoms with Gasteiger partial charge in [0.25, 0.3) is 0 Å². The zero-order chi connectivity index (χ0) is 15.8. The molecule has 0 unspecified atom stereocenters. The number of hydrogen-bond donors (Lipinski definition) is 0. The Morgan fingerprint density at radius 2 is 1.55 bits per heavy atom. The van der Waals surface area contributed by atoms with Gasteiger partial charge in [-0.05, 0) is 11.5 Å². The summed E-state index contributed by atoms with van der Waals surface area (Å²) in [7, 11) is 0. The van der Waals surface area contributed by atoms with Gasteiger partial charge in [-0.2, -0.15) is 13.2 Å². The molecule has 1 aromatic rings. The van der Waals surface area contributed by atoms with Gasteiger partial charge in [0.15, 0.2) is 0 Å². The molecule has 1 rings (SSSR count). The summed E-state index contributed by atoms with van der Waals surface area (Å²) in [5, 5.41) is 0. The van der Waals surface area contributed by atoms with E-state index in [4.69, 9.17) is 0 Å². The molecule has 0 saturated carbocycles. The smallest absolute Gasteiger partial charge is 0.260 e. The molecule has 0 amide bonds. The summed E-state index contributed by atoms with van der Waals surface area (Å²) < 4.78 is 39.5. The Morgan fingerprint density at radius 1 is 1.00 bits per heavy atom. The van der Waals surface area contributed by atoms with Crippen LogP contribution in [0.2, 0.25) is 0 Å². The molecule has 0 radical (unpaired) electrons. The maximum absolute atomic E-state index is 13.2. The number of pyridine rings is 1. The number of aromatic nitrogens is 1. The van der Waals surface area contributed by atoms with E-state index in [0.29, 0.717) is 5.69 Å². The van der Waals surface area contributed by atoms with Gasteiger partial charge in [-0.1, -0.05) is 53.7 Å². The van der Waals surface area contributed by atoms with E-state index in [0.717, 1.165) is 6.07 Å². The SMILES string of the molecule is CC(C)(C)/C=C/c1cnc(C(C)(C)C)cc1C(F)(F)F. The normalized spacial score (nSPS) is 14.1. The number of hydrogen-bond acceptors (Lipinski definition) is 1. The molecule has 0 aliphatic carbocycles. The molecular weight excluding hydrogens is 263 g/mol. The molecule has 20 heavy (non-hydrogen) atoms. The summed E-state index contributed by atoms with van der Waals surface area (Å²) in [4.78, 5) is 4.17. The minimum absolute atomic E-state index is 0.112. The molecule has 4 heteroatoms. The van der Waals surface area contributed by atoms with E-state index in [-0.39, 0.29) is 11.0 Å². The second-order valence-electron chi connectivity index (χ2n) is 7.10. The minimum Gasteiger partial charge on any atom is -0.260 e. The quantitative estimate of drug-likeness (QED) is 0.668.